The number of piperidine rings is 1. The maximum absolute atomic E-state index is 3.52. The van der Waals surface area contributed by atoms with E-state index in [1.165, 1.54) is 45.4 Å². The molecule has 0 radical (unpaired) electrons. The van der Waals surface area contributed by atoms with Gasteiger partial charge in [-0.2, -0.15) is 0 Å². The molecule has 1 rings (SSSR count). The van der Waals surface area contributed by atoms with Gasteiger partial charge in [0.15, 0.2) is 0 Å². The normalized spacial score (nSPS) is 24.0. The Labute approximate surface area is 102 Å². The van der Waals surface area contributed by atoms with Crippen LogP contribution in [0.4, 0.5) is 0 Å². The molecule has 0 spiro atoms. The molecule has 2 nitrogen and oxygen atoms in total. The summed E-state index contributed by atoms with van der Waals surface area (Å²) >= 11 is 0. The highest BCUT2D eigenvalue weighted by molar-refractivity contribution is 4.77. The zero-order chi connectivity index (χ0) is 12.0. The van der Waals surface area contributed by atoms with Crippen molar-refractivity contribution in [2.75, 3.05) is 26.2 Å². The van der Waals surface area contributed by atoms with E-state index in [4.69, 9.17) is 0 Å². The first-order chi connectivity index (χ1) is 7.65. The molecule has 0 saturated carbocycles. The lowest BCUT2D eigenvalue weighted by atomic mass is 9.96. The lowest BCUT2D eigenvalue weighted by Crippen LogP contribution is -2.44. The maximum Gasteiger partial charge on any atom is 0.00900 e. The lowest BCUT2D eigenvalue weighted by Gasteiger charge is -2.35. The second-order valence-corrected chi connectivity index (χ2v) is 5.69. The highest BCUT2D eigenvalue weighted by Crippen LogP contribution is 2.17. The molecule has 0 bridgehead atoms. The Hall–Kier alpha value is -0.0800. The molecular formula is C14H30N2. The van der Waals surface area contributed by atoms with Crippen molar-refractivity contribution in [2.24, 2.45) is 11.8 Å². The van der Waals surface area contributed by atoms with E-state index in [9.17, 15) is 0 Å². The van der Waals surface area contributed by atoms with E-state index in [1.54, 1.807) is 0 Å². The first kappa shape index (κ1) is 14.0. The Morgan fingerprint density at radius 2 is 2.06 bits per heavy atom. The van der Waals surface area contributed by atoms with Crippen molar-refractivity contribution in [3.05, 3.63) is 0 Å². The summed E-state index contributed by atoms with van der Waals surface area (Å²) in [5.74, 6) is 1.64. The van der Waals surface area contributed by atoms with E-state index < -0.39 is 0 Å². The van der Waals surface area contributed by atoms with Crippen molar-refractivity contribution in [2.45, 2.75) is 53.0 Å². The first-order valence-electron chi connectivity index (χ1n) is 7.09. The van der Waals surface area contributed by atoms with Crippen molar-refractivity contribution >= 4 is 0 Å². The largest absolute Gasteiger partial charge is 0.316 e. The molecular weight excluding hydrogens is 196 g/mol. The SMILES string of the molecule is CCCN(CC1CCCNC1)C(C)C(C)C. The van der Waals surface area contributed by atoms with Gasteiger partial charge in [0.2, 0.25) is 0 Å². The van der Waals surface area contributed by atoms with Crippen LogP contribution in [0.5, 0.6) is 0 Å². The molecule has 16 heavy (non-hydrogen) atoms. The van der Waals surface area contributed by atoms with Crippen molar-refractivity contribution in [1.29, 1.82) is 0 Å². The summed E-state index contributed by atoms with van der Waals surface area (Å²) < 4.78 is 0. The van der Waals surface area contributed by atoms with Gasteiger partial charge in [-0.3, -0.25) is 0 Å². The second-order valence-electron chi connectivity index (χ2n) is 5.69. The minimum atomic E-state index is 0.724. The van der Waals surface area contributed by atoms with Gasteiger partial charge in [-0.15, -0.1) is 0 Å². The Balaban J connectivity index is 2.42. The summed E-state index contributed by atoms with van der Waals surface area (Å²) in [5.41, 5.74) is 0. The third kappa shape index (κ3) is 4.42. The number of rotatable bonds is 6. The quantitative estimate of drug-likeness (QED) is 0.749. The predicted molar refractivity (Wildman–Crippen MR) is 71.8 cm³/mol. The van der Waals surface area contributed by atoms with Crippen LogP contribution < -0.4 is 5.32 Å². The minimum Gasteiger partial charge on any atom is -0.316 e. The van der Waals surface area contributed by atoms with Gasteiger partial charge >= 0.3 is 0 Å². The van der Waals surface area contributed by atoms with Crippen molar-refractivity contribution < 1.29 is 0 Å². The van der Waals surface area contributed by atoms with E-state index in [-0.39, 0.29) is 0 Å². The molecule has 1 fully saturated rings. The third-order valence-electron chi connectivity index (χ3n) is 3.94. The smallest absolute Gasteiger partial charge is 0.00900 e. The van der Waals surface area contributed by atoms with E-state index in [1.807, 2.05) is 0 Å². The fraction of sp³-hybridized carbons (Fsp3) is 1.00. The van der Waals surface area contributed by atoms with E-state index in [0.717, 1.165) is 17.9 Å². The molecule has 1 saturated heterocycles. The Bertz CT molecular complexity index is 174. The summed E-state index contributed by atoms with van der Waals surface area (Å²) in [4.78, 5) is 2.70. The highest BCUT2D eigenvalue weighted by atomic mass is 15.2. The van der Waals surface area contributed by atoms with Crippen LogP contribution in [-0.2, 0) is 0 Å². The molecule has 0 aromatic heterocycles. The van der Waals surface area contributed by atoms with Gasteiger partial charge in [0, 0.05) is 12.6 Å². The molecule has 0 aromatic carbocycles. The van der Waals surface area contributed by atoms with Crippen molar-refractivity contribution in [1.82, 2.24) is 10.2 Å². The summed E-state index contributed by atoms with van der Waals surface area (Å²) in [7, 11) is 0. The van der Waals surface area contributed by atoms with Crippen LogP contribution in [0.2, 0.25) is 0 Å². The Morgan fingerprint density at radius 1 is 1.31 bits per heavy atom. The van der Waals surface area contributed by atoms with Gasteiger partial charge < -0.3 is 10.2 Å². The van der Waals surface area contributed by atoms with E-state index in [2.05, 4.69) is 37.9 Å². The molecule has 0 aromatic rings. The molecule has 96 valence electrons. The Morgan fingerprint density at radius 3 is 2.56 bits per heavy atom. The molecule has 2 atom stereocenters. The van der Waals surface area contributed by atoms with E-state index in [0.29, 0.717) is 0 Å². The molecule has 0 amide bonds. The zero-order valence-electron chi connectivity index (χ0n) is 11.6. The minimum absolute atomic E-state index is 0.724. The molecule has 1 aliphatic rings. The summed E-state index contributed by atoms with van der Waals surface area (Å²) in [6, 6.07) is 0.724. The molecule has 2 heteroatoms. The van der Waals surface area contributed by atoms with Crippen molar-refractivity contribution in [3.63, 3.8) is 0 Å². The van der Waals surface area contributed by atoms with Crippen LogP contribution >= 0.6 is 0 Å². The summed E-state index contributed by atoms with van der Waals surface area (Å²) in [6.07, 6.45) is 4.05. The van der Waals surface area contributed by atoms with Gasteiger partial charge in [-0.05, 0) is 57.7 Å². The van der Waals surface area contributed by atoms with E-state index >= 15 is 0 Å². The maximum atomic E-state index is 3.52. The van der Waals surface area contributed by atoms with Gasteiger partial charge in [-0.25, -0.2) is 0 Å². The average Bonchev–Trinajstić information content (AvgIpc) is 2.29. The number of hydrogen-bond acceptors (Lipinski definition) is 2. The molecule has 2 unspecified atom stereocenters. The highest BCUT2D eigenvalue weighted by Gasteiger charge is 2.21. The third-order valence-corrected chi connectivity index (χ3v) is 3.94. The van der Waals surface area contributed by atoms with Gasteiger partial charge in [0.1, 0.15) is 0 Å². The van der Waals surface area contributed by atoms with Crippen LogP contribution in [-0.4, -0.2) is 37.1 Å². The molecule has 1 aliphatic heterocycles. The van der Waals surface area contributed by atoms with Gasteiger partial charge in [-0.1, -0.05) is 20.8 Å². The van der Waals surface area contributed by atoms with Crippen LogP contribution in [0, 0.1) is 11.8 Å². The number of nitrogens with one attached hydrogen (secondary N) is 1. The topological polar surface area (TPSA) is 15.3 Å². The second kappa shape index (κ2) is 7.29. The standard InChI is InChI=1S/C14H30N2/c1-5-9-16(13(4)12(2)3)11-14-7-6-8-15-10-14/h12-15H,5-11H2,1-4H3. The van der Waals surface area contributed by atoms with Crippen LogP contribution in [0.3, 0.4) is 0 Å². The number of nitrogens with zero attached hydrogens (tertiary/aromatic N) is 1. The monoisotopic (exact) mass is 226 g/mol. The van der Waals surface area contributed by atoms with Crippen LogP contribution in [0.15, 0.2) is 0 Å². The zero-order valence-corrected chi connectivity index (χ0v) is 11.6. The van der Waals surface area contributed by atoms with Gasteiger partial charge in [0.05, 0.1) is 0 Å². The molecule has 1 heterocycles. The van der Waals surface area contributed by atoms with Gasteiger partial charge in [0.25, 0.3) is 0 Å². The number of hydrogen-bond donors (Lipinski definition) is 1. The fourth-order valence-electron chi connectivity index (χ4n) is 2.58. The lowest BCUT2D eigenvalue weighted by molar-refractivity contribution is 0.133. The molecule has 0 aliphatic carbocycles. The predicted octanol–water partition coefficient (Wildman–Crippen LogP) is 2.74. The summed E-state index contributed by atoms with van der Waals surface area (Å²) in [5, 5.41) is 3.52. The van der Waals surface area contributed by atoms with Crippen LogP contribution in [0.25, 0.3) is 0 Å². The first-order valence-corrected chi connectivity index (χ1v) is 7.09. The fourth-order valence-corrected chi connectivity index (χ4v) is 2.58. The Kier molecular flexibility index (Phi) is 6.37. The summed E-state index contributed by atoms with van der Waals surface area (Å²) in [6.45, 7) is 14.4. The average molecular weight is 226 g/mol. The van der Waals surface area contributed by atoms with Crippen molar-refractivity contribution in [3.8, 4) is 0 Å². The van der Waals surface area contributed by atoms with Crippen LogP contribution in [0.1, 0.15) is 47.0 Å². The molecule has 1 N–H and O–H groups in total.